The van der Waals surface area contributed by atoms with E-state index in [2.05, 4.69) is 10.6 Å². The van der Waals surface area contributed by atoms with E-state index in [0.29, 0.717) is 17.7 Å². The molecule has 1 saturated carbocycles. The Labute approximate surface area is 212 Å². The first kappa shape index (κ1) is 26.1. The van der Waals surface area contributed by atoms with Gasteiger partial charge in [0.25, 0.3) is 11.8 Å². The Kier molecular flexibility index (Phi) is 7.20. The standard InChI is InChI=1S/C27H28F3N3O4/c1-17-24(22(15-36-17)27(28,29)30)25(35)31-19-10-8-18(9-11-19)26(12-5-13-26)32-23(34)16-37-21-7-4-6-20(14-21)33(2)3/h4,6-11,14-15H,5,12-13,16H2,1-3H3,(H,31,35)(H,32,34). The summed E-state index contributed by atoms with van der Waals surface area (Å²) in [5.74, 6) is -0.699. The first-order valence-corrected chi connectivity index (χ1v) is 11.8. The van der Waals surface area contributed by atoms with E-state index in [-0.39, 0.29) is 18.3 Å². The van der Waals surface area contributed by atoms with Gasteiger partial charge in [-0.05, 0) is 56.0 Å². The molecule has 0 unspecified atom stereocenters. The Morgan fingerprint density at radius 3 is 2.41 bits per heavy atom. The van der Waals surface area contributed by atoms with Crippen molar-refractivity contribution < 1.29 is 31.9 Å². The van der Waals surface area contributed by atoms with Crippen molar-refractivity contribution in [2.75, 3.05) is 30.9 Å². The average Bonchev–Trinajstić information content (AvgIpc) is 3.23. The lowest BCUT2D eigenvalue weighted by molar-refractivity contribution is -0.138. The van der Waals surface area contributed by atoms with Crippen LogP contribution in [0, 0.1) is 6.92 Å². The van der Waals surface area contributed by atoms with Crippen LogP contribution in [0.3, 0.4) is 0 Å². The first-order valence-electron chi connectivity index (χ1n) is 11.8. The first-order chi connectivity index (χ1) is 17.5. The number of halogens is 3. The zero-order valence-electron chi connectivity index (χ0n) is 20.7. The normalized spacial score (nSPS) is 14.4. The van der Waals surface area contributed by atoms with E-state index in [1.54, 1.807) is 30.3 Å². The molecule has 0 spiro atoms. The highest BCUT2D eigenvalue weighted by atomic mass is 19.4. The lowest BCUT2D eigenvalue weighted by Crippen LogP contribution is -2.52. The fraction of sp³-hybridized carbons (Fsp3) is 0.333. The molecule has 0 bridgehead atoms. The molecule has 3 aromatic rings. The molecule has 2 aromatic carbocycles. The predicted octanol–water partition coefficient (Wildman–Crippen LogP) is 5.50. The molecule has 2 N–H and O–H groups in total. The van der Waals surface area contributed by atoms with E-state index in [1.807, 2.05) is 37.2 Å². The number of nitrogens with zero attached hydrogens (tertiary/aromatic N) is 1. The average molecular weight is 516 g/mol. The highest BCUT2D eigenvalue weighted by Gasteiger charge is 2.40. The number of anilines is 2. The van der Waals surface area contributed by atoms with Crippen molar-refractivity contribution in [1.82, 2.24) is 5.32 Å². The summed E-state index contributed by atoms with van der Waals surface area (Å²) >= 11 is 0. The molecule has 1 heterocycles. The predicted molar refractivity (Wildman–Crippen MR) is 133 cm³/mol. The number of hydrogen-bond donors (Lipinski definition) is 2. The molecule has 4 rings (SSSR count). The van der Waals surface area contributed by atoms with Gasteiger partial charge in [0.15, 0.2) is 6.61 Å². The SMILES string of the molecule is Cc1occ(C(F)(F)F)c1C(=O)Nc1ccc(C2(NC(=O)COc3cccc(N(C)C)c3)CCC2)cc1. The smallest absolute Gasteiger partial charge is 0.420 e. The van der Waals surface area contributed by atoms with E-state index in [0.717, 1.165) is 30.5 Å². The maximum Gasteiger partial charge on any atom is 0.420 e. The molecule has 37 heavy (non-hydrogen) atoms. The van der Waals surface area contributed by atoms with Crippen LogP contribution in [-0.2, 0) is 16.5 Å². The van der Waals surface area contributed by atoms with Gasteiger partial charge in [0.05, 0.1) is 11.1 Å². The Balaban J connectivity index is 1.40. The third-order valence-corrected chi connectivity index (χ3v) is 6.49. The minimum Gasteiger partial charge on any atom is -0.484 e. The number of hydrogen-bond acceptors (Lipinski definition) is 5. The number of rotatable bonds is 8. The summed E-state index contributed by atoms with van der Waals surface area (Å²) < 4.78 is 50.1. The zero-order valence-corrected chi connectivity index (χ0v) is 20.7. The Morgan fingerprint density at radius 1 is 1.11 bits per heavy atom. The Hall–Kier alpha value is -3.95. The van der Waals surface area contributed by atoms with Crippen LogP contribution >= 0.6 is 0 Å². The van der Waals surface area contributed by atoms with E-state index >= 15 is 0 Å². The highest BCUT2D eigenvalue weighted by molar-refractivity contribution is 6.06. The molecule has 0 radical (unpaired) electrons. The maximum atomic E-state index is 13.2. The molecule has 0 saturated heterocycles. The van der Waals surface area contributed by atoms with Crippen LogP contribution < -0.4 is 20.3 Å². The van der Waals surface area contributed by atoms with Gasteiger partial charge in [0.1, 0.15) is 23.3 Å². The van der Waals surface area contributed by atoms with E-state index in [9.17, 15) is 22.8 Å². The number of carbonyl (C=O) groups excluding carboxylic acids is 2. The molecule has 2 amide bonds. The van der Waals surface area contributed by atoms with Crippen molar-refractivity contribution in [1.29, 1.82) is 0 Å². The van der Waals surface area contributed by atoms with Crippen molar-refractivity contribution >= 4 is 23.2 Å². The second kappa shape index (κ2) is 10.2. The van der Waals surface area contributed by atoms with Crippen molar-refractivity contribution in [2.24, 2.45) is 0 Å². The molecule has 0 aliphatic heterocycles. The lowest BCUT2D eigenvalue weighted by Gasteiger charge is -2.43. The second-order valence-electron chi connectivity index (χ2n) is 9.27. The third-order valence-electron chi connectivity index (χ3n) is 6.49. The quantitative estimate of drug-likeness (QED) is 0.414. The molecule has 1 fully saturated rings. The summed E-state index contributed by atoms with van der Waals surface area (Å²) in [4.78, 5) is 27.2. The molecular formula is C27H28F3N3O4. The number of furan rings is 1. The number of alkyl halides is 3. The van der Waals surface area contributed by atoms with Gasteiger partial charge in [-0.25, -0.2) is 0 Å². The van der Waals surface area contributed by atoms with Gasteiger partial charge in [-0.3, -0.25) is 9.59 Å². The summed E-state index contributed by atoms with van der Waals surface area (Å²) in [5, 5.41) is 5.56. The summed E-state index contributed by atoms with van der Waals surface area (Å²) in [5.41, 5.74) is -0.0963. The Morgan fingerprint density at radius 2 is 1.81 bits per heavy atom. The van der Waals surface area contributed by atoms with Crippen LogP contribution in [-0.4, -0.2) is 32.5 Å². The summed E-state index contributed by atoms with van der Waals surface area (Å²) in [6.45, 7) is 1.16. The van der Waals surface area contributed by atoms with Crippen LogP contribution in [0.15, 0.2) is 59.2 Å². The number of aryl methyl sites for hydroxylation is 1. The molecule has 7 nitrogen and oxygen atoms in total. The molecule has 10 heteroatoms. The minimum absolute atomic E-state index is 0.117. The van der Waals surface area contributed by atoms with Crippen LogP contribution in [0.2, 0.25) is 0 Å². The van der Waals surface area contributed by atoms with Crippen molar-refractivity contribution in [3.05, 3.63) is 77.2 Å². The third kappa shape index (κ3) is 5.73. The zero-order chi connectivity index (χ0) is 26.8. The monoisotopic (exact) mass is 515 g/mol. The molecular weight excluding hydrogens is 487 g/mol. The number of ether oxygens (including phenoxy) is 1. The number of nitrogens with one attached hydrogen (secondary N) is 2. The van der Waals surface area contributed by atoms with E-state index in [1.165, 1.54) is 6.92 Å². The summed E-state index contributed by atoms with van der Waals surface area (Å²) in [6.07, 6.45) is -1.75. The van der Waals surface area contributed by atoms with Crippen LogP contribution in [0.25, 0.3) is 0 Å². The molecule has 1 aliphatic rings. The van der Waals surface area contributed by atoms with Gasteiger partial charge in [-0.1, -0.05) is 18.2 Å². The number of benzene rings is 2. The molecule has 0 atom stereocenters. The molecule has 1 aliphatic carbocycles. The maximum absolute atomic E-state index is 13.2. The number of carbonyl (C=O) groups is 2. The number of amides is 2. The Bertz CT molecular complexity index is 1280. The van der Waals surface area contributed by atoms with Gasteiger partial charge in [0, 0.05) is 31.5 Å². The van der Waals surface area contributed by atoms with Crippen molar-refractivity contribution in [2.45, 2.75) is 37.9 Å². The molecule has 1 aromatic heterocycles. The van der Waals surface area contributed by atoms with Gasteiger partial charge < -0.3 is 24.7 Å². The van der Waals surface area contributed by atoms with E-state index < -0.39 is 28.7 Å². The summed E-state index contributed by atoms with van der Waals surface area (Å²) in [6, 6.07) is 14.1. The largest absolute Gasteiger partial charge is 0.484 e. The van der Waals surface area contributed by atoms with Gasteiger partial charge in [-0.15, -0.1) is 0 Å². The fourth-order valence-corrected chi connectivity index (χ4v) is 4.33. The van der Waals surface area contributed by atoms with Crippen LogP contribution in [0.4, 0.5) is 24.5 Å². The fourth-order valence-electron chi connectivity index (χ4n) is 4.33. The van der Waals surface area contributed by atoms with Gasteiger partial charge in [-0.2, -0.15) is 13.2 Å². The minimum atomic E-state index is -4.71. The van der Waals surface area contributed by atoms with Crippen molar-refractivity contribution in [3.8, 4) is 5.75 Å². The topological polar surface area (TPSA) is 83.8 Å². The second-order valence-corrected chi connectivity index (χ2v) is 9.27. The van der Waals surface area contributed by atoms with E-state index in [4.69, 9.17) is 9.15 Å². The summed E-state index contributed by atoms with van der Waals surface area (Å²) in [7, 11) is 3.84. The van der Waals surface area contributed by atoms with Crippen molar-refractivity contribution in [3.63, 3.8) is 0 Å². The van der Waals surface area contributed by atoms with Crippen LogP contribution in [0.1, 0.15) is 46.5 Å². The highest BCUT2D eigenvalue weighted by Crippen LogP contribution is 2.41. The van der Waals surface area contributed by atoms with Gasteiger partial charge >= 0.3 is 6.18 Å². The lowest BCUT2D eigenvalue weighted by atomic mass is 9.71. The van der Waals surface area contributed by atoms with Crippen LogP contribution in [0.5, 0.6) is 5.75 Å². The molecule has 196 valence electrons. The van der Waals surface area contributed by atoms with Gasteiger partial charge in [0.2, 0.25) is 0 Å².